The van der Waals surface area contributed by atoms with Gasteiger partial charge in [0.15, 0.2) is 0 Å². The number of likely N-dealkylation sites (tertiary alicyclic amines) is 1. The van der Waals surface area contributed by atoms with Gasteiger partial charge in [0.2, 0.25) is 5.91 Å². The maximum atomic E-state index is 12.0. The predicted molar refractivity (Wildman–Crippen MR) is 77.0 cm³/mol. The summed E-state index contributed by atoms with van der Waals surface area (Å²) in [4.78, 5) is 16.9. The van der Waals surface area contributed by atoms with E-state index in [1.165, 1.54) is 51.5 Å². The Morgan fingerprint density at radius 1 is 1.05 bits per heavy atom. The molecule has 1 aliphatic carbocycles. The van der Waals surface area contributed by atoms with E-state index in [4.69, 9.17) is 0 Å². The van der Waals surface area contributed by atoms with Crippen LogP contribution in [0.1, 0.15) is 58.3 Å². The summed E-state index contributed by atoms with van der Waals surface area (Å²) in [6.45, 7) is 5.53. The summed E-state index contributed by atoms with van der Waals surface area (Å²) in [5, 5.41) is 0. The zero-order valence-corrected chi connectivity index (χ0v) is 12.3. The molecule has 3 fully saturated rings. The quantitative estimate of drug-likeness (QED) is 0.779. The second-order valence-corrected chi connectivity index (χ2v) is 6.74. The van der Waals surface area contributed by atoms with Gasteiger partial charge in [0.1, 0.15) is 0 Å². The van der Waals surface area contributed by atoms with Gasteiger partial charge in [0, 0.05) is 31.6 Å². The molecule has 0 N–H and O–H groups in total. The lowest BCUT2D eigenvalue weighted by Gasteiger charge is -2.41. The van der Waals surface area contributed by atoms with Crippen LogP contribution in [0.25, 0.3) is 0 Å². The van der Waals surface area contributed by atoms with Crippen molar-refractivity contribution in [1.82, 2.24) is 9.80 Å². The minimum absolute atomic E-state index is 0.378. The van der Waals surface area contributed by atoms with Gasteiger partial charge in [-0.3, -0.25) is 9.69 Å². The first-order valence-corrected chi connectivity index (χ1v) is 8.31. The lowest BCUT2D eigenvalue weighted by molar-refractivity contribution is -0.136. The van der Waals surface area contributed by atoms with E-state index >= 15 is 0 Å². The fourth-order valence-corrected chi connectivity index (χ4v) is 4.43. The van der Waals surface area contributed by atoms with Crippen LogP contribution in [0, 0.1) is 5.92 Å². The maximum Gasteiger partial charge on any atom is 0.222 e. The summed E-state index contributed by atoms with van der Waals surface area (Å²) in [6.07, 6.45) is 10.4. The predicted octanol–water partition coefficient (Wildman–Crippen LogP) is 2.65. The Bertz CT molecular complexity index is 311. The van der Waals surface area contributed by atoms with Gasteiger partial charge in [0.25, 0.3) is 0 Å². The van der Waals surface area contributed by atoms with Crippen molar-refractivity contribution in [3.63, 3.8) is 0 Å². The summed E-state index contributed by atoms with van der Waals surface area (Å²) in [5.41, 5.74) is 0. The van der Waals surface area contributed by atoms with Gasteiger partial charge in [-0.25, -0.2) is 0 Å². The topological polar surface area (TPSA) is 23.6 Å². The van der Waals surface area contributed by atoms with Crippen LogP contribution < -0.4 is 0 Å². The van der Waals surface area contributed by atoms with Gasteiger partial charge in [-0.2, -0.15) is 0 Å². The third-order valence-electron chi connectivity index (χ3n) is 5.48. The number of hydrogen-bond donors (Lipinski definition) is 0. The second-order valence-electron chi connectivity index (χ2n) is 6.74. The smallest absolute Gasteiger partial charge is 0.222 e. The second kappa shape index (κ2) is 5.82. The van der Waals surface area contributed by atoms with Gasteiger partial charge in [-0.1, -0.05) is 32.6 Å². The van der Waals surface area contributed by atoms with E-state index in [2.05, 4.69) is 9.80 Å². The molecular formula is C16H28N2O. The van der Waals surface area contributed by atoms with Crippen molar-refractivity contribution >= 4 is 5.91 Å². The van der Waals surface area contributed by atoms with Gasteiger partial charge in [-0.05, 0) is 31.7 Å². The zero-order valence-electron chi connectivity index (χ0n) is 12.3. The SMILES string of the molecule is CCC(=O)N1C2CCC1CN(CCC1CCCC1)C2. The normalized spacial score (nSPS) is 32.2. The van der Waals surface area contributed by atoms with Crippen molar-refractivity contribution in [2.45, 2.75) is 70.4 Å². The lowest BCUT2D eigenvalue weighted by Crippen LogP contribution is -2.55. The highest BCUT2D eigenvalue weighted by atomic mass is 16.2. The molecule has 1 saturated carbocycles. The summed E-state index contributed by atoms with van der Waals surface area (Å²) in [7, 11) is 0. The van der Waals surface area contributed by atoms with Gasteiger partial charge >= 0.3 is 0 Å². The van der Waals surface area contributed by atoms with E-state index < -0.39 is 0 Å². The minimum Gasteiger partial charge on any atom is -0.334 e. The van der Waals surface area contributed by atoms with E-state index in [1.807, 2.05) is 6.92 Å². The molecule has 2 saturated heterocycles. The van der Waals surface area contributed by atoms with Crippen molar-refractivity contribution in [3.8, 4) is 0 Å². The first-order valence-electron chi connectivity index (χ1n) is 8.31. The fourth-order valence-electron chi connectivity index (χ4n) is 4.43. The van der Waals surface area contributed by atoms with Crippen molar-refractivity contribution < 1.29 is 4.79 Å². The van der Waals surface area contributed by atoms with Crippen molar-refractivity contribution in [1.29, 1.82) is 0 Å². The molecule has 3 heteroatoms. The number of amides is 1. The Balaban J connectivity index is 1.50. The number of piperazine rings is 1. The van der Waals surface area contributed by atoms with Gasteiger partial charge < -0.3 is 4.90 Å². The summed E-state index contributed by atoms with van der Waals surface area (Å²) < 4.78 is 0. The Morgan fingerprint density at radius 2 is 1.68 bits per heavy atom. The highest BCUT2D eigenvalue weighted by molar-refractivity contribution is 5.77. The molecule has 0 aromatic heterocycles. The molecule has 2 heterocycles. The number of carbonyl (C=O) groups excluding carboxylic acids is 1. The summed E-state index contributed by atoms with van der Waals surface area (Å²) in [6, 6.07) is 1.05. The molecule has 0 aromatic carbocycles. The molecule has 3 nitrogen and oxygen atoms in total. The highest BCUT2D eigenvalue weighted by Gasteiger charge is 2.41. The maximum absolute atomic E-state index is 12.0. The van der Waals surface area contributed by atoms with Gasteiger partial charge in [-0.15, -0.1) is 0 Å². The van der Waals surface area contributed by atoms with Crippen LogP contribution >= 0.6 is 0 Å². The average Bonchev–Trinajstić information content (AvgIpc) is 3.02. The van der Waals surface area contributed by atoms with E-state index in [0.717, 1.165) is 19.0 Å². The first-order chi connectivity index (χ1) is 9.28. The summed E-state index contributed by atoms with van der Waals surface area (Å²) in [5.74, 6) is 1.37. The minimum atomic E-state index is 0.378. The Kier molecular flexibility index (Phi) is 4.11. The molecule has 2 aliphatic heterocycles. The Labute approximate surface area is 117 Å². The molecule has 0 spiro atoms. The Hall–Kier alpha value is -0.570. The molecule has 2 atom stereocenters. The van der Waals surface area contributed by atoms with Crippen molar-refractivity contribution in [2.24, 2.45) is 5.92 Å². The van der Waals surface area contributed by atoms with E-state index in [9.17, 15) is 4.79 Å². The van der Waals surface area contributed by atoms with E-state index in [-0.39, 0.29) is 0 Å². The number of carbonyl (C=O) groups is 1. The molecule has 19 heavy (non-hydrogen) atoms. The molecule has 3 aliphatic rings. The fraction of sp³-hybridized carbons (Fsp3) is 0.938. The average molecular weight is 264 g/mol. The zero-order chi connectivity index (χ0) is 13.2. The van der Waals surface area contributed by atoms with Crippen LogP contribution in [0.2, 0.25) is 0 Å². The number of rotatable bonds is 4. The number of nitrogens with zero attached hydrogens (tertiary/aromatic N) is 2. The molecule has 2 unspecified atom stereocenters. The molecular weight excluding hydrogens is 236 g/mol. The third-order valence-corrected chi connectivity index (χ3v) is 5.48. The standard InChI is InChI=1S/C16H28N2O/c1-2-16(19)18-14-7-8-15(18)12-17(11-14)10-9-13-5-3-4-6-13/h13-15H,2-12H2,1H3. The van der Waals surface area contributed by atoms with Crippen molar-refractivity contribution in [2.75, 3.05) is 19.6 Å². The lowest BCUT2D eigenvalue weighted by atomic mass is 10.0. The number of hydrogen-bond acceptors (Lipinski definition) is 2. The van der Waals surface area contributed by atoms with Gasteiger partial charge in [0.05, 0.1) is 0 Å². The molecule has 1 amide bonds. The van der Waals surface area contributed by atoms with Crippen LogP contribution in [0.5, 0.6) is 0 Å². The molecule has 108 valence electrons. The molecule has 2 bridgehead atoms. The van der Waals surface area contributed by atoms with Crippen LogP contribution in [0.3, 0.4) is 0 Å². The van der Waals surface area contributed by atoms with E-state index in [0.29, 0.717) is 24.4 Å². The highest BCUT2D eigenvalue weighted by Crippen LogP contribution is 2.32. The van der Waals surface area contributed by atoms with Crippen LogP contribution in [-0.4, -0.2) is 47.4 Å². The summed E-state index contributed by atoms with van der Waals surface area (Å²) >= 11 is 0. The van der Waals surface area contributed by atoms with Crippen LogP contribution in [-0.2, 0) is 4.79 Å². The monoisotopic (exact) mass is 264 g/mol. The third kappa shape index (κ3) is 2.81. The molecule has 0 aromatic rings. The van der Waals surface area contributed by atoms with Crippen LogP contribution in [0.4, 0.5) is 0 Å². The Morgan fingerprint density at radius 3 is 2.26 bits per heavy atom. The number of fused-ring (bicyclic) bond motifs is 2. The molecule has 3 rings (SSSR count). The van der Waals surface area contributed by atoms with Crippen LogP contribution in [0.15, 0.2) is 0 Å². The van der Waals surface area contributed by atoms with Crippen molar-refractivity contribution in [3.05, 3.63) is 0 Å². The molecule has 0 radical (unpaired) electrons. The first kappa shape index (κ1) is 13.4. The van der Waals surface area contributed by atoms with E-state index in [1.54, 1.807) is 0 Å². The largest absolute Gasteiger partial charge is 0.334 e.